The van der Waals surface area contributed by atoms with Crippen LogP contribution >= 0.6 is 0 Å². The summed E-state index contributed by atoms with van der Waals surface area (Å²) < 4.78 is 1.61. The smallest absolute Gasteiger partial charge is 0.352 e. The molecule has 0 unspecified atom stereocenters. The van der Waals surface area contributed by atoms with Crippen LogP contribution in [0.5, 0.6) is 0 Å². The molecule has 0 spiro atoms. The molecule has 1 atom stereocenters. The number of carboxylic acid groups (broad SMARTS) is 1. The number of nitrogens with one attached hydrogen (secondary N) is 2. The van der Waals surface area contributed by atoms with Gasteiger partial charge in [-0.15, -0.1) is 0 Å². The van der Waals surface area contributed by atoms with Gasteiger partial charge in [0.05, 0.1) is 12.2 Å². The van der Waals surface area contributed by atoms with Crippen molar-refractivity contribution in [2.45, 2.75) is 6.04 Å². The summed E-state index contributed by atoms with van der Waals surface area (Å²) >= 11 is 0. The van der Waals surface area contributed by atoms with Gasteiger partial charge in [0.1, 0.15) is 17.1 Å². The van der Waals surface area contributed by atoms with Gasteiger partial charge in [-0.25, -0.2) is 9.48 Å². The van der Waals surface area contributed by atoms with Gasteiger partial charge in [-0.05, 0) is 23.8 Å². The fourth-order valence-electron chi connectivity index (χ4n) is 2.99. The van der Waals surface area contributed by atoms with E-state index in [1.165, 1.54) is 6.20 Å². The van der Waals surface area contributed by atoms with E-state index in [0.717, 1.165) is 5.56 Å². The Kier molecular flexibility index (Phi) is 4.18. The van der Waals surface area contributed by atoms with Gasteiger partial charge in [0.2, 0.25) is 0 Å². The number of rotatable bonds is 4. The van der Waals surface area contributed by atoms with E-state index in [0.29, 0.717) is 11.5 Å². The van der Waals surface area contributed by atoms with Crippen molar-refractivity contribution in [3.63, 3.8) is 0 Å². The zero-order valence-corrected chi connectivity index (χ0v) is 14.2. The molecule has 1 aliphatic heterocycles. The topological polar surface area (TPSA) is 96.2 Å². The number of allylic oxidation sites excluding steroid dienone is 1. The van der Waals surface area contributed by atoms with Crippen molar-refractivity contribution >= 4 is 23.4 Å². The van der Waals surface area contributed by atoms with E-state index in [1.807, 2.05) is 48.5 Å². The van der Waals surface area contributed by atoms with Gasteiger partial charge in [0, 0.05) is 5.69 Å². The highest BCUT2D eigenvalue weighted by atomic mass is 16.4. The van der Waals surface area contributed by atoms with Crippen LogP contribution in [0.1, 0.15) is 22.0 Å². The van der Waals surface area contributed by atoms with Gasteiger partial charge in [-0.3, -0.25) is 4.79 Å². The van der Waals surface area contributed by atoms with E-state index in [2.05, 4.69) is 15.7 Å². The maximum Gasteiger partial charge on any atom is 0.352 e. The quantitative estimate of drug-likeness (QED) is 0.664. The fraction of sp³-hybridized carbons (Fsp3) is 0.0500. The lowest BCUT2D eigenvalue weighted by Gasteiger charge is -2.24. The van der Waals surface area contributed by atoms with E-state index in [-0.39, 0.29) is 17.2 Å². The summed E-state index contributed by atoms with van der Waals surface area (Å²) in [6.07, 6.45) is 3.02. The van der Waals surface area contributed by atoms with E-state index < -0.39 is 12.0 Å². The zero-order valence-electron chi connectivity index (χ0n) is 14.2. The minimum absolute atomic E-state index is 0.00520. The van der Waals surface area contributed by atoms with Crippen LogP contribution in [-0.2, 0) is 4.79 Å². The highest BCUT2D eigenvalue weighted by Gasteiger charge is 2.29. The van der Waals surface area contributed by atoms with Crippen LogP contribution in [0, 0.1) is 0 Å². The van der Waals surface area contributed by atoms with Gasteiger partial charge in [0.25, 0.3) is 5.91 Å². The number of carbonyl (C=O) groups is 2. The van der Waals surface area contributed by atoms with Crippen molar-refractivity contribution in [3.05, 3.63) is 89.8 Å². The molecule has 3 N–H and O–H groups in total. The summed E-state index contributed by atoms with van der Waals surface area (Å²) in [6, 6.07) is 18.0. The largest absolute Gasteiger partial charge is 0.477 e. The molecule has 0 aliphatic carbocycles. The number of para-hydroxylation sites is 1. The summed E-state index contributed by atoms with van der Waals surface area (Å²) in [7, 11) is 0. The predicted octanol–water partition coefficient (Wildman–Crippen LogP) is 3.12. The number of nitrogens with zero attached hydrogens (tertiary/aromatic N) is 2. The Hall–Kier alpha value is -3.87. The number of fused-ring (bicyclic) bond motifs is 1. The molecule has 27 heavy (non-hydrogen) atoms. The molecule has 2 heterocycles. The Morgan fingerprint density at radius 1 is 1.04 bits per heavy atom. The second-order valence-electron chi connectivity index (χ2n) is 6.04. The maximum atomic E-state index is 12.7. The van der Waals surface area contributed by atoms with Gasteiger partial charge in [0.15, 0.2) is 0 Å². The molecule has 134 valence electrons. The van der Waals surface area contributed by atoms with E-state index in [9.17, 15) is 14.7 Å². The first kappa shape index (κ1) is 16.6. The van der Waals surface area contributed by atoms with E-state index >= 15 is 0 Å². The van der Waals surface area contributed by atoms with Crippen molar-refractivity contribution in [3.8, 4) is 0 Å². The third-order valence-electron chi connectivity index (χ3n) is 4.28. The Bertz CT molecular complexity index is 1030. The van der Waals surface area contributed by atoms with Crippen molar-refractivity contribution < 1.29 is 14.7 Å². The molecule has 3 aromatic rings. The van der Waals surface area contributed by atoms with Crippen LogP contribution in [0.2, 0.25) is 0 Å². The Labute approximate surface area is 154 Å². The Morgan fingerprint density at radius 3 is 2.37 bits per heavy atom. The molecule has 2 aromatic carbocycles. The second kappa shape index (κ2) is 6.80. The summed E-state index contributed by atoms with van der Waals surface area (Å²) in [6.45, 7) is 0. The number of amides is 1. The lowest BCUT2D eigenvalue weighted by Crippen LogP contribution is -2.25. The number of benzene rings is 2. The SMILES string of the molecule is O=C(O)C1=C[C@@H](c2ccccc2)n2ncc(C(=O)Nc3ccccc3)c2N1. The predicted molar refractivity (Wildman–Crippen MR) is 101 cm³/mol. The van der Waals surface area contributed by atoms with Crippen LogP contribution in [0.25, 0.3) is 0 Å². The molecular formula is C20H16N4O3. The minimum Gasteiger partial charge on any atom is -0.477 e. The molecule has 7 nitrogen and oxygen atoms in total. The summed E-state index contributed by atoms with van der Waals surface area (Å²) in [5.74, 6) is -1.12. The maximum absolute atomic E-state index is 12.7. The molecule has 0 saturated carbocycles. The molecule has 0 radical (unpaired) electrons. The highest BCUT2D eigenvalue weighted by Crippen LogP contribution is 2.32. The number of hydrogen-bond donors (Lipinski definition) is 3. The first-order chi connectivity index (χ1) is 13.1. The molecule has 4 rings (SSSR count). The van der Waals surface area contributed by atoms with Crippen LogP contribution in [0.3, 0.4) is 0 Å². The summed E-state index contributed by atoms with van der Waals surface area (Å²) in [5.41, 5.74) is 1.79. The number of carboxylic acids is 1. The molecule has 0 saturated heterocycles. The van der Waals surface area contributed by atoms with E-state index in [4.69, 9.17) is 0 Å². The molecule has 1 aromatic heterocycles. The first-order valence-corrected chi connectivity index (χ1v) is 8.34. The van der Waals surface area contributed by atoms with E-state index in [1.54, 1.807) is 22.9 Å². The number of hydrogen-bond acceptors (Lipinski definition) is 4. The van der Waals surface area contributed by atoms with Gasteiger partial charge in [-0.1, -0.05) is 48.5 Å². The van der Waals surface area contributed by atoms with Crippen molar-refractivity contribution in [1.29, 1.82) is 0 Å². The fourth-order valence-corrected chi connectivity index (χ4v) is 2.99. The molecule has 0 bridgehead atoms. The standard InChI is InChI=1S/C20H16N4O3/c25-19(22-14-9-5-2-6-10-14)15-12-21-24-17(13-7-3-1-4-8-13)11-16(20(26)27)23-18(15)24/h1-12,17,23H,(H,22,25)(H,26,27)/t17-/m0/s1. The van der Waals surface area contributed by atoms with Crippen molar-refractivity contribution in [1.82, 2.24) is 9.78 Å². The second-order valence-corrected chi connectivity index (χ2v) is 6.04. The minimum atomic E-state index is -1.10. The van der Waals surface area contributed by atoms with Crippen molar-refractivity contribution in [2.75, 3.05) is 10.6 Å². The monoisotopic (exact) mass is 360 g/mol. The lowest BCUT2D eigenvalue weighted by molar-refractivity contribution is -0.132. The number of carbonyl (C=O) groups excluding carboxylic acids is 1. The molecule has 0 fully saturated rings. The van der Waals surface area contributed by atoms with Crippen LogP contribution in [0.4, 0.5) is 11.5 Å². The third kappa shape index (κ3) is 3.18. The van der Waals surface area contributed by atoms with Crippen LogP contribution in [-0.4, -0.2) is 26.8 Å². The molecule has 1 aliphatic rings. The third-order valence-corrected chi connectivity index (χ3v) is 4.28. The van der Waals surface area contributed by atoms with Crippen LogP contribution in [0.15, 0.2) is 78.6 Å². The first-order valence-electron chi connectivity index (χ1n) is 8.34. The number of anilines is 2. The summed E-state index contributed by atoms with van der Waals surface area (Å²) in [5, 5.41) is 19.4. The zero-order chi connectivity index (χ0) is 18.8. The van der Waals surface area contributed by atoms with Crippen molar-refractivity contribution in [2.24, 2.45) is 0 Å². The average molecular weight is 360 g/mol. The number of aliphatic carboxylic acids is 1. The van der Waals surface area contributed by atoms with Crippen LogP contribution < -0.4 is 10.6 Å². The summed E-state index contributed by atoms with van der Waals surface area (Å²) in [4.78, 5) is 24.3. The number of aromatic nitrogens is 2. The Balaban J connectivity index is 1.73. The lowest BCUT2D eigenvalue weighted by atomic mass is 10.0. The molecule has 1 amide bonds. The molecule has 7 heteroatoms. The Morgan fingerprint density at radius 2 is 1.70 bits per heavy atom. The average Bonchev–Trinajstić information content (AvgIpc) is 3.13. The molecular weight excluding hydrogens is 344 g/mol. The van der Waals surface area contributed by atoms with Gasteiger partial charge < -0.3 is 15.7 Å². The van der Waals surface area contributed by atoms with Gasteiger partial charge >= 0.3 is 5.97 Å². The highest BCUT2D eigenvalue weighted by molar-refractivity contribution is 6.08. The normalized spacial score (nSPS) is 15.3. The van der Waals surface area contributed by atoms with Gasteiger partial charge in [-0.2, -0.15) is 5.10 Å².